The molecule has 0 radical (unpaired) electrons. The monoisotopic (exact) mass is 867 g/mol. The Morgan fingerprint density at radius 3 is 0.969 bits per heavy atom. The average molecular weight is 868 g/mol. The van der Waals surface area contributed by atoms with Gasteiger partial charge in [-0.05, 0) is 132 Å². The third-order valence-corrected chi connectivity index (χ3v) is 14.5. The zero-order valence-corrected chi connectivity index (χ0v) is 37.0. The molecule has 0 fully saturated rings. The first-order valence-electron chi connectivity index (χ1n) is 21.9. The van der Waals surface area contributed by atoms with Crippen LogP contribution < -0.4 is 14.7 Å². The molecule has 0 saturated carbocycles. The molecular formula is C60H41N3S2. The molecule has 5 heteroatoms. The van der Waals surface area contributed by atoms with Crippen LogP contribution in [0, 0.1) is 0 Å². The van der Waals surface area contributed by atoms with E-state index in [0.717, 1.165) is 51.2 Å². The van der Waals surface area contributed by atoms with Crippen LogP contribution >= 0.6 is 22.7 Å². The Labute approximate surface area is 386 Å². The molecule has 10 aromatic carbocycles. The van der Waals surface area contributed by atoms with E-state index in [1.165, 1.54) is 51.5 Å². The van der Waals surface area contributed by atoms with Crippen LogP contribution in [0.25, 0.3) is 51.5 Å². The predicted molar refractivity (Wildman–Crippen MR) is 282 cm³/mol. The van der Waals surface area contributed by atoms with E-state index in [0.29, 0.717) is 0 Å². The number of hydrogen-bond donors (Lipinski definition) is 0. The van der Waals surface area contributed by atoms with Gasteiger partial charge >= 0.3 is 0 Å². The molecule has 2 heterocycles. The third kappa shape index (κ3) is 7.08. The molecule has 308 valence electrons. The first-order chi connectivity index (χ1) is 32.2. The second-order valence-corrected chi connectivity index (χ2v) is 18.3. The maximum absolute atomic E-state index is 2.43. The average Bonchev–Trinajstić information content (AvgIpc) is 3.95. The van der Waals surface area contributed by atoms with Gasteiger partial charge in [0.15, 0.2) is 0 Å². The topological polar surface area (TPSA) is 9.72 Å². The van der Waals surface area contributed by atoms with Crippen molar-refractivity contribution in [3.05, 3.63) is 249 Å². The van der Waals surface area contributed by atoms with Crippen LogP contribution in [0.5, 0.6) is 0 Å². The Hall–Kier alpha value is -7.96. The van der Waals surface area contributed by atoms with Crippen molar-refractivity contribution in [2.45, 2.75) is 0 Å². The lowest BCUT2D eigenvalue weighted by Gasteiger charge is -2.27. The Balaban J connectivity index is 1.07. The number of benzene rings is 10. The Morgan fingerprint density at radius 2 is 0.569 bits per heavy atom. The maximum atomic E-state index is 2.43. The minimum Gasteiger partial charge on any atom is -0.310 e. The van der Waals surface area contributed by atoms with Gasteiger partial charge in [0.1, 0.15) is 0 Å². The van der Waals surface area contributed by atoms with Gasteiger partial charge in [-0.25, -0.2) is 0 Å². The minimum atomic E-state index is 1.09. The summed E-state index contributed by atoms with van der Waals surface area (Å²) in [6, 6.07) is 90.0. The molecule has 0 aliphatic rings. The molecule has 2 aromatic heterocycles. The Bertz CT molecular complexity index is 3310. The van der Waals surface area contributed by atoms with Gasteiger partial charge in [-0.15, -0.1) is 22.7 Å². The normalized spacial score (nSPS) is 11.4. The lowest BCUT2D eigenvalue weighted by Crippen LogP contribution is -2.11. The summed E-state index contributed by atoms with van der Waals surface area (Å²) in [6.45, 7) is 0. The summed E-state index contributed by atoms with van der Waals surface area (Å²) in [4.78, 5) is 7.22. The lowest BCUT2D eigenvalue weighted by atomic mass is 10.0. The molecule has 12 aromatic rings. The lowest BCUT2D eigenvalue weighted by molar-refractivity contribution is 1.29. The number of para-hydroxylation sites is 4. The fourth-order valence-electron chi connectivity index (χ4n) is 9.29. The Morgan fingerprint density at radius 1 is 0.231 bits per heavy atom. The molecule has 3 nitrogen and oxygen atoms in total. The predicted octanol–water partition coefficient (Wildman–Crippen LogP) is 18.5. The summed E-state index contributed by atoms with van der Waals surface area (Å²) in [5.41, 5.74) is 12.5. The van der Waals surface area contributed by atoms with E-state index in [1.54, 1.807) is 0 Å². The van der Waals surface area contributed by atoms with Crippen LogP contribution in [0.4, 0.5) is 51.2 Å². The van der Waals surface area contributed by atoms with Crippen molar-refractivity contribution < 1.29 is 0 Å². The molecule has 0 atom stereocenters. The molecular weight excluding hydrogens is 827 g/mol. The molecule has 0 bridgehead atoms. The van der Waals surface area contributed by atoms with Crippen LogP contribution in [-0.2, 0) is 0 Å². The Kier molecular flexibility index (Phi) is 9.90. The zero-order valence-electron chi connectivity index (χ0n) is 35.3. The van der Waals surface area contributed by atoms with Crippen LogP contribution in [-0.4, -0.2) is 0 Å². The minimum absolute atomic E-state index is 1.09. The van der Waals surface area contributed by atoms with Crippen LogP contribution in [0.15, 0.2) is 249 Å². The molecule has 12 rings (SSSR count). The first kappa shape index (κ1) is 38.7. The van der Waals surface area contributed by atoms with Gasteiger partial charge in [0.2, 0.25) is 0 Å². The van der Waals surface area contributed by atoms with Crippen molar-refractivity contribution in [2.24, 2.45) is 0 Å². The van der Waals surface area contributed by atoms with E-state index >= 15 is 0 Å². The second-order valence-electron chi connectivity index (χ2n) is 16.1. The number of thiophene rings is 2. The van der Waals surface area contributed by atoms with Crippen molar-refractivity contribution in [1.82, 2.24) is 0 Å². The van der Waals surface area contributed by atoms with Gasteiger partial charge in [-0.2, -0.15) is 0 Å². The maximum Gasteiger partial charge on any atom is 0.0554 e. The van der Waals surface area contributed by atoms with Crippen LogP contribution in [0.3, 0.4) is 0 Å². The quantitative estimate of drug-likeness (QED) is 0.136. The van der Waals surface area contributed by atoms with Gasteiger partial charge in [0.25, 0.3) is 0 Å². The summed E-state index contributed by atoms with van der Waals surface area (Å²) in [5.74, 6) is 0. The van der Waals surface area contributed by atoms with Crippen molar-refractivity contribution in [1.29, 1.82) is 0 Å². The van der Waals surface area contributed by atoms with E-state index in [1.807, 2.05) is 22.7 Å². The molecule has 0 aliphatic heterocycles. The smallest absolute Gasteiger partial charge is 0.0554 e. The van der Waals surface area contributed by atoms with Crippen molar-refractivity contribution in [3.63, 3.8) is 0 Å². The van der Waals surface area contributed by atoms with Gasteiger partial charge in [-0.1, -0.05) is 127 Å². The van der Waals surface area contributed by atoms with Crippen molar-refractivity contribution in [2.75, 3.05) is 14.7 Å². The summed E-state index contributed by atoms with van der Waals surface area (Å²) in [5, 5.41) is 4.94. The van der Waals surface area contributed by atoms with E-state index in [4.69, 9.17) is 0 Å². The van der Waals surface area contributed by atoms with E-state index in [2.05, 4.69) is 263 Å². The van der Waals surface area contributed by atoms with Crippen molar-refractivity contribution in [3.8, 4) is 11.1 Å². The molecule has 0 saturated heterocycles. The van der Waals surface area contributed by atoms with Gasteiger partial charge in [0, 0.05) is 80.2 Å². The fraction of sp³-hybridized carbons (Fsp3) is 0. The number of fused-ring (bicyclic) bond motifs is 6. The zero-order chi connectivity index (χ0) is 43.1. The first-order valence-corrected chi connectivity index (χ1v) is 23.6. The highest BCUT2D eigenvalue weighted by atomic mass is 32.1. The molecule has 65 heavy (non-hydrogen) atoms. The van der Waals surface area contributed by atoms with E-state index in [-0.39, 0.29) is 0 Å². The molecule has 0 N–H and O–H groups in total. The van der Waals surface area contributed by atoms with Gasteiger partial charge in [-0.3, -0.25) is 0 Å². The van der Waals surface area contributed by atoms with Crippen LogP contribution in [0.1, 0.15) is 0 Å². The SMILES string of the molecule is c1ccc(-c2ccc(N(c3ccc4sc5cccc(N(c6ccccc6)c6ccccc6)c5c4c3)c3ccc4sc5cccc(N(c6ccccc6)c6ccccc6)c5c4c3)cc2)cc1. The third-order valence-electron chi connectivity index (χ3n) is 12.2. The standard InChI is InChI=1S/C60H41N3S2/c1-6-18-42(19-7-1)43-32-34-48(35-33-43)61(49-36-38-55-51(40-49)59-53(28-16-30-57(59)64-55)62(44-20-8-2-9-21-44)45-22-10-3-11-23-45)50-37-39-56-52(41-50)60-54(29-17-31-58(60)65-56)63(46-24-12-4-13-25-46)47-26-14-5-15-27-47/h1-41H. The number of rotatable bonds is 10. The highest BCUT2D eigenvalue weighted by Crippen LogP contribution is 2.49. The summed E-state index contributed by atoms with van der Waals surface area (Å²) in [7, 11) is 0. The van der Waals surface area contributed by atoms with E-state index in [9.17, 15) is 0 Å². The molecule has 0 spiro atoms. The molecule has 0 unspecified atom stereocenters. The van der Waals surface area contributed by atoms with Gasteiger partial charge in [0.05, 0.1) is 11.4 Å². The largest absolute Gasteiger partial charge is 0.310 e. The van der Waals surface area contributed by atoms with Gasteiger partial charge < -0.3 is 14.7 Å². The number of hydrogen-bond acceptors (Lipinski definition) is 5. The highest BCUT2D eigenvalue weighted by Gasteiger charge is 2.23. The molecule has 0 aliphatic carbocycles. The van der Waals surface area contributed by atoms with E-state index < -0.39 is 0 Å². The number of anilines is 9. The summed E-state index contributed by atoms with van der Waals surface area (Å²) in [6.07, 6.45) is 0. The van der Waals surface area contributed by atoms with Crippen molar-refractivity contribution >= 4 is 114 Å². The number of nitrogens with zero attached hydrogens (tertiary/aromatic N) is 3. The summed E-state index contributed by atoms with van der Waals surface area (Å²) >= 11 is 3.70. The second kappa shape index (κ2) is 16.6. The highest BCUT2D eigenvalue weighted by molar-refractivity contribution is 7.26. The van der Waals surface area contributed by atoms with Crippen LogP contribution in [0.2, 0.25) is 0 Å². The molecule has 0 amide bonds. The summed E-state index contributed by atoms with van der Waals surface area (Å²) < 4.78 is 5.01. The fourth-order valence-corrected chi connectivity index (χ4v) is 11.5.